The summed E-state index contributed by atoms with van der Waals surface area (Å²) in [5, 5.41) is 0. The second-order valence-corrected chi connectivity index (χ2v) is 5.18. The highest BCUT2D eigenvalue weighted by atomic mass is 19.1. The second-order valence-electron chi connectivity index (χ2n) is 5.18. The summed E-state index contributed by atoms with van der Waals surface area (Å²) in [4.78, 5) is 12.3. The number of halogens is 2. The molecule has 3 heteroatoms. The zero-order valence-corrected chi connectivity index (χ0v) is 12.6. The van der Waals surface area contributed by atoms with Crippen molar-refractivity contribution >= 4 is 5.78 Å². The van der Waals surface area contributed by atoms with Crippen molar-refractivity contribution in [1.29, 1.82) is 0 Å². The molecule has 0 saturated carbocycles. The van der Waals surface area contributed by atoms with Crippen molar-refractivity contribution in [3.8, 4) is 11.8 Å². The molecule has 0 spiro atoms. The van der Waals surface area contributed by atoms with Gasteiger partial charge in [-0.1, -0.05) is 30.0 Å². The van der Waals surface area contributed by atoms with Gasteiger partial charge < -0.3 is 0 Å². The molecule has 0 aliphatic rings. The Morgan fingerprint density at radius 2 is 1.21 bits per heavy atom. The van der Waals surface area contributed by atoms with E-state index in [4.69, 9.17) is 0 Å². The fourth-order valence-corrected chi connectivity index (χ4v) is 2.22. The van der Waals surface area contributed by atoms with Crippen molar-refractivity contribution in [2.24, 2.45) is 0 Å². The molecule has 1 nitrogen and oxygen atoms in total. The van der Waals surface area contributed by atoms with Gasteiger partial charge in [0.2, 0.25) is 0 Å². The number of carbonyl (C=O) groups is 1. The lowest BCUT2D eigenvalue weighted by molar-refractivity contribution is 0.103. The summed E-state index contributed by atoms with van der Waals surface area (Å²) >= 11 is 0. The molecule has 0 fully saturated rings. The molecule has 0 atom stereocenters. The summed E-state index contributed by atoms with van der Waals surface area (Å²) in [5.74, 6) is 4.04. The van der Waals surface area contributed by atoms with Gasteiger partial charge in [0.05, 0.1) is 0 Å². The first-order chi connectivity index (χ1) is 11.6. The van der Waals surface area contributed by atoms with Crippen molar-refractivity contribution in [1.82, 2.24) is 0 Å². The first-order valence-corrected chi connectivity index (χ1v) is 7.30. The van der Waals surface area contributed by atoms with Gasteiger partial charge in [-0.15, -0.1) is 0 Å². The lowest BCUT2D eigenvalue weighted by Gasteiger charge is -2.02. The van der Waals surface area contributed by atoms with Crippen LogP contribution >= 0.6 is 0 Å². The van der Waals surface area contributed by atoms with Crippen LogP contribution in [0.3, 0.4) is 0 Å². The highest BCUT2D eigenvalue weighted by molar-refractivity contribution is 6.09. The molecule has 0 N–H and O–H groups in total. The molecule has 116 valence electrons. The topological polar surface area (TPSA) is 17.1 Å². The molecule has 24 heavy (non-hydrogen) atoms. The number of ketones is 1. The van der Waals surface area contributed by atoms with E-state index in [1.165, 1.54) is 0 Å². The third kappa shape index (κ3) is 3.74. The smallest absolute Gasteiger partial charge is 0.193 e. The number of carbonyl (C=O) groups excluding carboxylic acids is 1. The van der Waals surface area contributed by atoms with Gasteiger partial charge >= 0.3 is 0 Å². The van der Waals surface area contributed by atoms with Crippen molar-refractivity contribution in [3.05, 3.63) is 107 Å². The Labute approximate surface area is 138 Å². The minimum absolute atomic E-state index is 0.0179. The maximum atomic E-state index is 13.2. The summed E-state index contributed by atoms with van der Waals surface area (Å²) in [6.07, 6.45) is 0. The summed E-state index contributed by atoms with van der Waals surface area (Å²) in [6.45, 7) is 0. The number of hydrogen-bond donors (Lipinski definition) is 0. The van der Waals surface area contributed by atoms with Crippen molar-refractivity contribution < 1.29 is 13.6 Å². The largest absolute Gasteiger partial charge is 0.289 e. The molecule has 3 aromatic carbocycles. The van der Waals surface area contributed by atoms with Gasteiger partial charge in [-0.05, 0) is 48.5 Å². The zero-order valence-electron chi connectivity index (χ0n) is 12.6. The van der Waals surface area contributed by atoms with E-state index >= 15 is 0 Å². The normalized spacial score (nSPS) is 9.92. The van der Waals surface area contributed by atoms with Crippen LogP contribution in [0.1, 0.15) is 27.0 Å². The quantitative estimate of drug-likeness (QED) is 0.499. The van der Waals surface area contributed by atoms with Crippen LogP contribution in [0.25, 0.3) is 0 Å². The van der Waals surface area contributed by atoms with Crippen LogP contribution in [-0.2, 0) is 0 Å². The van der Waals surface area contributed by atoms with E-state index in [2.05, 4.69) is 11.8 Å². The summed E-state index contributed by atoms with van der Waals surface area (Å²) in [6, 6.07) is 18.9. The highest BCUT2D eigenvalue weighted by Crippen LogP contribution is 2.14. The predicted octanol–water partition coefficient (Wildman–Crippen LogP) is 4.60. The molecule has 3 rings (SSSR count). The van der Waals surface area contributed by atoms with E-state index in [1.807, 2.05) is 30.3 Å². The third-order valence-electron chi connectivity index (χ3n) is 3.40. The number of rotatable bonds is 2. The van der Waals surface area contributed by atoms with Crippen LogP contribution in [0.15, 0.2) is 72.8 Å². The van der Waals surface area contributed by atoms with Gasteiger partial charge in [0.15, 0.2) is 5.78 Å². The number of hydrogen-bond acceptors (Lipinski definition) is 1. The van der Waals surface area contributed by atoms with Crippen molar-refractivity contribution in [2.75, 3.05) is 0 Å². The van der Waals surface area contributed by atoms with E-state index < -0.39 is 17.4 Å². The van der Waals surface area contributed by atoms with Crippen LogP contribution in [0.2, 0.25) is 0 Å². The summed E-state index contributed by atoms with van der Waals surface area (Å²) in [7, 11) is 0. The molecular weight excluding hydrogens is 306 g/mol. The Hall–Kier alpha value is -3.25. The van der Waals surface area contributed by atoms with Gasteiger partial charge in [0, 0.05) is 28.3 Å². The molecule has 0 radical (unpaired) electrons. The van der Waals surface area contributed by atoms with Gasteiger partial charge in [0.1, 0.15) is 11.6 Å². The Bertz CT molecular complexity index is 913. The molecule has 0 saturated heterocycles. The minimum atomic E-state index is -0.774. The lowest BCUT2D eigenvalue weighted by Crippen LogP contribution is -2.02. The molecule has 0 aromatic heterocycles. The first-order valence-electron chi connectivity index (χ1n) is 7.30. The van der Waals surface area contributed by atoms with Crippen LogP contribution < -0.4 is 0 Å². The number of benzene rings is 3. The Kier molecular flexibility index (Phi) is 4.49. The maximum absolute atomic E-state index is 13.2. The third-order valence-corrected chi connectivity index (χ3v) is 3.40. The van der Waals surface area contributed by atoms with Crippen molar-refractivity contribution in [3.63, 3.8) is 0 Å². The molecule has 0 bridgehead atoms. The van der Waals surface area contributed by atoms with E-state index in [9.17, 15) is 13.6 Å². The summed E-state index contributed by atoms with van der Waals surface area (Å²) < 4.78 is 26.4. The van der Waals surface area contributed by atoms with E-state index in [1.54, 1.807) is 24.3 Å². The fraction of sp³-hybridized carbons (Fsp3) is 0. The van der Waals surface area contributed by atoms with Crippen LogP contribution in [0.4, 0.5) is 8.78 Å². The standard InChI is InChI=1S/C21H12F2O/c22-19-12-18(13-20(23)14-19)21(24)17-10-8-16(9-11-17)7-6-15-4-2-1-3-5-15/h1-5,8-14H. The fourth-order valence-electron chi connectivity index (χ4n) is 2.22. The molecule has 3 aromatic rings. The van der Waals surface area contributed by atoms with Gasteiger partial charge in [0.25, 0.3) is 0 Å². The maximum Gasteiger partial charge on any atom is 0.193 e. The molecular formula is C21H12F2O. The van der Waals surface area contributed by atoms with Crippen LogP contribution in [0.5, 0.6) is 0 Å². The average Bonchev–Trinajstić information content (AvgIpc) is 2.60. The molecule has 0 unspecified atom stereocenters. The first kappa shape index (κ1) is 15.6. The van der Waals surface area contributed by atoms with E-state index in [0.29, 0.717) is 5.56 Å². The van der Waals surface area contributed by atoms with Crippen LogP contribution in [-0.4, -0.2) is 5.78 Å². The SMILES string of the molecule is O=C(c1ccc(C#Cc2ccccc2)cc1)c1cc(F)cc(F)c1. The van der Waals surface area contributed by atoms with E-state index in [-0.39, 0.29) is 5.56 Å². The van der Waals surface area contributed by atoms with Gasteiger partial charge in [-0.25, -0.2) is 8.78 Å². The Morgan fingerprint density at radius 1 is 0.667 bits per heavy atom. The second kappa shape index (κ2) is 6.89. The monoisotopic (exact) mass is 318 g/mol. The predicted molar refractivity (Wildman–Crippen MR) is 88.7 cm³/mol. The van der Waals surface area contributed by atoms with Crippen molar-refractivity contribution in [2.45, 2.75) is 0 Å². The average molecular weight is 318 g/mol. The Balaban J connectivity index is 1.82. The molecule has 0 aliphatic carbocycles. The molecule has 0 amide bonds. The van der Waals surface area contributed by atoms with E-state index in [0.717, 1.165) is 29.3 Å². The van der Waals surface area contributed by atoms with Gasteiger partial charge in [-0.2, -0.15) is 0 Å². The summed E-state index contributed by atoms with van der Waals surface area (Å²) in [5.41, 5.74) is 1.98. The Morgan fingerprint density at radius 3 is 1.79 bits per heavy atom. The van der Waals surface area contributed by atoms with Crippen LogP contribution in [0, 0.1) is 23.5 Å². The zero-order chi connectivity index (χ0) is 16.9. The molecule has 0 aliphatic heterocycles. The lowest BCUT2D eigenvalue weighted by atomic mass is 10.0. The highest BCUT2D eigenvalue weighted by Gasteiger charge is 2.11. The molecule has 0 heterocycles. The van der Waals surface area contributed by atoms with Gasteiger partial charge in [-0.3, -0.25) is 4.79 Å². The minimum Gasteiger partial charge on any atom is -0.289 e.